The molecule has 1 fully saturated rings. The number of methoxy groups -OCH3 is 1. The smallest absolute Gasteiger partial charge is 0.225 e. The molecule has 1 aliphatic rings. The molecule has 15 heavy (non-hydrogen) atoms. The molecule has 2 atom stereocenters. The van der Waals surface area contributed by atoms with Crippen LogP contribution in [-0.2, 0) is 9.53 Å². The number of hydrogen-bond acceptors (Lipinski definition) is 3. The Morgan fingerprint density at radius 1 is 1.53 bits per heavy atom. The third kappa shape index (κ3) is 2.92. The van der Waals surface area contributed by atoms with E-state index in [1.807, 2.05) is 20.8 Å². The average Bonchev–Trinajstić information content (AvgIpc) is 2.65. The van der Waals surface area contributed by atoms with Crippen molar-refractivity contribution in [2.75, 3.05) is 20.2 Å². The topological polar surface area (TPSA) is 50.4 Å². The summed E-state index contributed by atoms with van der Waals surface area (Å²) in [5.41, 5.74) is -0.291. The molecule has 1 saturated heterocycles. The fourth-order valence-electron chi connectivity index (χ4n) is 1.57. The molecule has 1 amide bonds. The van der Waals surface area contributed by atoms with Crippen molar-refractivity contribution in [3.63, 3.8) is 0 Å². The predicted octanol–water partition coefficient (Wildman–Crippen LogP) is 0.526. The van der Waals surface area contributed by atoms with Crippen molar-refractivity contribution >= 4 is 5.91 Å². The van der Waals surface area contributed by atoms with E-state index in [-0.39, 0.29) is 23.5 Å². The summed E-state index contributed by atoms with van der Waals surface area (Å²) >= 11 is 0. The van der Waals surface area contributed by atoms with Gasteiger partial charge < -0.3 is 15.4 Å². The first-order valence-corrected chi connectivity index (χ1v) is 5.55. The zero-order valence-corrected chi connectivity index (χ0v) is 10.1. The van der Waals surface area contributed by atoms with Crippen molar-refractivity contribution < 1.29 is 9.53 Å². The first-order chi connectivity index (χ1) is 7.01. The van der Waals surface area contributed by atoms with E-state index >= 15 is 0 Å². The standard InChI is InChI=1S/C11H22N2O2/c1-5-11(2,3)10(14)13-8-6-12-7-9(8)15-4/h8-9,12H,5-7H2,1-4H3,(H,13,14)/t8-,9+/m1/s1. The highest BCUT2D eigenvalue weighted by Gasteiger charge is 2.32. The summed E-state index contributed by atoms with van der Waals surface area (Å²) in [4.78, 5) is 11.9. The van der Waals surface area contributed by atoms with Crippen LogP contribution in [0.25, 0.3) is 0 Å². The van der Waals surface area contributed by atoms with Crippen LogP contribution in [-0.4, -0.2) is 38.3 Å². The van der Waals surface area contributed by atoms with Crippen LogP contribution in [0.5, 0.6) is 0 Å². The van der Waals surface area contributed by atoms with Gasteiger partial charge in [0.15, 0.2) is 0 Å². The van der Waals surface area contributed by atoms with Gasteiger partial charge in [0.2, 0.25) is 5.91 Å². The van der Waals surface area contributed by atoms with E-state index in [4.69, 9.17) is 4.74 Å². The Morgan fingerprint density at radius 2 is 2.20 bits per heavy atom. The van der Waals surface area contributed by atoms with E-state index in [0.29, 0.717) is 0 Å². The van der Waals surface area contributed by atoms with Crippen molar-refractivity contribution in [2.24, 2.45) is 5.41 Å². The van der Waals surface area contributed by atoms with E-state index < -0.39 is 0 Å². The van der Waals surface area contributed by atoms with Gasteiger partial charge in [-0.15, -0.1) is 0 Å². The molecule has 1 heterocycles. The fourth-order valence-corrected chi connectivity index (χ4v) is 1.57. The van der Waals surface area contributed by atoms with Gasteiger partial charge >= 0.3 is 0 Å². The third-order valence-corrected chi connectivity index (χ3v) is 3.28. The first kappa shape index (κ1) is 12.5. The van der Waals surface area contributed by atoms with Crippen LogP contribution in [0.3, 0.4) is 0 Å². The molecular weight excluding hydrogens is 192 g/mol. The average molecular weight is 214 g/mol. The number of nitrogens with one attached hydrogen (secondary N) is 2. The van der Waals surface area contributed by atoms with Gasteiger partial charge in [-0.3, -0.25) is 4.79 Å². The molecule has 1 rings (SSSR count). The van der Waals surface area contributed by atoms with Gasteiger partial charge in [-0.05, 0) is 6.42 Å². The van der Waals surface area contributed by atoms with Crippen LogP contribution in [0.15, 0.2) is 0 Å². The zero-order valence-electron chi connectivity index (χ0n) is 10.1. The molecule has 88 valence electrons. The number of rotatable bonds is 4. The number of carbonyl (C=O) groups is 1. The number of amides is 1. The van der Waals surface area contributed by atoms with Crippen LogP contribution < -0.4 is 10.6 Å². The molecule has 0 aromatic rings. The Labute approximate surface area is 91.8 Å². The maximum atomic E-state index is 11.9. The predicted molar refractivity (Wildman–Crippen MR) is 59.7 cm³/mol. The highest BCUT2D eigenvalue weighted by atomic mass is 16.5. The van der Waals surface area contributed by atoms with Crippen LogP contribution in [0.2, 0.25) is 0 Å². The van der Waals surface area contributed by atoms with E-state index in [0.717, 1.165) is 19.5 Å². The summed E-state index contributed by atoms with van der Waals surface area (Å²) in [6, 6.07) is 0.105. The van der Waals surface area contributed by atoms with Crippen molar-refractivity contribution in [3.05, 3.63) is 0 Å². The molecule has 1 aliphatic heterocycles. The largest absolute Gasteiger partial charge is 0.378 e. The Morgan fingerprint density at radius 3 is 2.73 bits per heavy atom. The molecular formula is C11H22N2O2. The Balaban J connectivity index is 2.51. The van der Waals surface area contributed by atoms with Gasteiger partial charge in [0.25, 0.3) is 0 Å². The normalized spacial score (nSPS) is 26.7. The zero-order chi connectivity index (χ0) is 11.5. The molecule has 4 heteroatoms. The highest BCUT2D eigenvalue weighted by molar-refractivity contribution is 5.82. The Bertz CT molecular complexity index is 229. The van der Waals surface area contributed by atoms with E-state index in [1.165, 1.54) is 0 Å². The molecule has 4 nitrogen and oxygen atoms in total. The maximum Gasteiger partial charge on any atom is 0.225 e. The van der Waals surface area contributed by atoms with Crippen LogP contribution >= 0.6 is 0 Å². The van der Waals surface area contributed by atoms with Crippen molar-refractivity contribution in [1.82, 2.24) is 10.6 Å². The van der Waals surface area contributed by atoms with Gasteiger partial charge in [0.05, 0.1) is 12.1 Å². The second kappa shape index (κ2) is 4.94. The van der Waals surface area contributed by atoms with E-state index in [1.54, 1.807) is 7.11 Å². The van der Waals surface area contributed by atoms with Gasteiger partial charge in [0, 0.05) is 25.6 Å². The first-order valence-electron chi connectivity index (χ1n) is 5.55. The number of hydrogen-bond donors (Lipinski definition) is 2. The number of carbonyl (C=O) groups excluding carboxylic acids is 1. The molecule has 0 aliphatic carbocycles. The molecule has 0 bridgehead atoms. The van der Waals surface area contributed by atoms with E-state index in [9.17, 15) is 4.79 Å². The maximum absolute atomic E-state index is 11.9. The van der Waals surface area contributed by atoms with Gasteiger partial charge in [-0.1, -0.05) is 20.8 Å². The Kier molecular flexibility index (Phi) is 4.11. The van der Waals surface area contributed by atoms with Crippen LogP contribution in [0.4, 0.5) is 0 Å². The molecule has 0 saturated carbocycles. The summed E-state index contributed by atoms with van der Waals surface area (Å²) in [5.74, 6) is 0.112. The number of ether oxygens (including phenoxy) is 1. The monoisotopic (exact) mass is 214 g/mol. The fraction of sp³-hybridized carbons (Fsp3) is 0.909. The van der Waals surface area contributed by atoms with Crippen molar-refractivity contribution in [2.45, 2.75) is 39.3 Å². The molecule has 0 aromatic carbocycles. The van der Waals surface area contributed by atoms with Gasteiger partial charge in [-0.2, -0.15) is 0 Å². The minimum Gasteiger partial charge on any atom is -0.378 e. The summed E-state index contributed by atoms with van der Waals surface area (Å²) in [5, 5.41) is 6.25. The van der Waals surface area contributed by atoms with Gasteiger partial charge in [0.1, 0.15) is 0 Å². The lowest BCUT2D eigenvalue weighted by atomic mass is 9.89. The molecule has 0 spiro atoms. The minimum absolute atomic E-state index is 0.0987. The summed E-state index contributed by atoms with van der Waals surface area (Å²) in [6.45, 7) is 7.57. The second-order valence-corrected chi connectivity index (χ2v) is 4.75. The Hall–Kier alpha value is -0.610. The highest BCUT2D eigenvalue weighted by Crippen LogP contribution is 2.20. The van der Waals surface area contributed by atoms with Gasteiger partial charge in [-0.25, -0.2) is 0 Å². The van der Waals surface area contributed by atoms with Crippen molar-refractivity contribution in [3.8, 4) is 0 Å². The molecule has 2 N–H and O–H groups in total. The third-order valence-electron chi connectivity index (χ3n) is 3.28. The SMILES string of the molecule is CCC(C)(C)C(=O)N[C@@H]1CNC[C@@H]1OC. The lowest BCUT2D eigenvalue weighted by Gasteiger charge is -2.26. The summed E-state index contributed by atoms with van der Waals surface area (Å²) in [6.07, 6.45) is 0.943. The lowest BCUT2D eigenvalue weighted by molar-refractivity contribution is -0.130. The quantitative estimate of drug-likeness (QED) is 0.717. The summed E-state index contributed by atoms with van der Waals surface area (Å²) in [7, 11) is 1.68. The molecule has 0 aromatic heterocycles. The van der Waals surface area contributed by atoms with E-state index in [2.05, 4.69) is 10.6 Å². The minimum atomic E-state index is -0.291. The second-order valence-electron chi connectivity index (χ2n) is 4.75. The van der Waals surface area contributed by atoms with Crippen molar-refractivity contribution in [1.29, 1.82) is 0 Å². The molecule has 0 radical (unpaired) electrons. The van der Waals surface area contributed by atoms with Crippen LogP contribution in [0, 0.1) is 5.41 Å². The summed E-state index contributed by atoms with van der Waals surface area (Å²) < 4.78 is 5.29. The molecule has 0 unspecified atom stereocenters. The van der Waals surface area contributed by atoms with Crippen LogP contribution in [0.1, 0.15) is 27.2 Å². The lowest BCUT2D eigenvalue weighted by Crippen LogP contribution is -2.48.